The molecule has 0 aliphatic heterocycles. The van der Waals surface area contributed by atoms with Crippen LogP contribution in [-0.4, -0.2) is 18.7 Å². The van der Waals surface area contributed by atoms with E-state index in [0.717, 1.165) is 11.8 Å². The lowest BCUT2D eigenvalue weighted by atomic mass is 10.2. The summed E-state index contributed by atoms with van der Waals surface area (Å²) in [5.41, 5.74) is -0.109. The lowest BCUT2D eigenvalue weighted by Gasteiger charge is -2.15. The molecule has 8 heteroatoms. The van der Waals surface area contributed by atoms with Gasteiger partial charge < -0.3 is 13.5 Å². The van der Waals surface area contributed by atoms with Crippen LogP contribution in [-0.2, 0) is 19.4 Å². The highest BCUT2D eigenvalue weighted by Gasteiger charge is 2.37. The van der Waals surface area contributed by atoms with E-state index >= 15 is 0 Å². The summed E-state index contributed by atoms with van der Waals surface area (Å²) < 4.78 is 27.2. The van der Waals surface area contributed by atoms with Crippen LogP contribution in [0.5, 0.6) is 0 Å². The lowest BCUT2D eigenvalue weighted by Crippen LogP contribution is -2.08. The summed E-state index contributed by atoms with van der Waals surface area (Å²) in [7, 11) is -3.85. The molecule has 0 amide bonds. The summed E-state index contributed by atoms with van der Waals surface area (Å²) in [4.78, 5) is 12.2. The third-order valence-corrected chi connectivity index (χ3v) is 4.63. The molecule has 0 aliphatic carbocycles. The average Bonchev–Trinajstić information content (AvgIpc) is 2.84. The van der Waals surface area contributed by atoms with Crippen LogP contribution >= 0.6 is 19.4 Å². The summed E-state index contributed by atoms with van der Waals surface area (Å²) in [5, 5.41) is 10.4. The number of carbonyl (C=O) groups excluding carboxylic acids is 1. The van der Waals surface area contributed by atoms with E-state index in [1.165, 1.54) is 12.5 Å². The van der Waals surface area contributed by atoms with E-state index in [1.54, 1.807) is 13.8 Å². The summed E-state index contributed by atoms with van der Waals surface area (Å²) in [6, 6.07) is 0. The fraction of sp³-hybridized carbons (Fsp3) is 0.455. The van der Waals surface area contributed by atoms with E-state index in [0.29, 0.717) is 5.56 Å². The fourth-order valence-corrected chi connectivity index (χ4v) is 3.30. The van der Waals surface area contributed by atoms with Crippen LogP contribution in [0.25, 0.3) is 0 Å². The van der Waals surface area contributed by atoms with Gasteiger partial charge in [-0.3, -0.25) is 9.36 Å². The molecule has 0 bridgehead atoms. The molecule has 6 nitrogen and oxygen atoms in total. The van der Waals surface area contributed by atoms with Gasteiger partial charge in [-0.2, -0.15) is 5.26 Å². The van der Waals surface area contributed by atoms with Gasteiger partial charge in [0, 0.05) is 11.3 Å². The van der Waals surface area contributed by atoms with Crippen molar-refractivity contribution in [3.8, 4) is 5.40 Å². The summed E-state index contributed by atoms with van der Waals surface area (Å²) >= 11 is 0.957. The van der Waals surface area contributed by atoms with Crippen molar-refractivity contribution in [1.29, 1.82) is 5.26 Å². The number of carbonyl (C=O) groups is 1. The Bertz CT molecular complexity index is 511. The maximum Gasteiger partial charge on any atom is 0.401 e. The average molecular weight is 303 g/mol. The molecule has 0 N–H and O–H groups in total. The minimum absolute atomic E-state index is 0.100. The predicted molar refractivity (Wildman–Crippen MR) is 70.8 cm³/mol. The normalized spacial score (nSPS) is 11.2. The number of thiocyanates is 1. The molecule has 1 aromatic heterocycles. The van der Waals surface area contributed by atoms with E-state index in [2.05, 4.69) is 0 Å². The molecule has 1 heterocycles. The third-order valence-electron chi connectivity index (χ3n) is 2.11. The first-order valence-corrected chi connectivity index (χ1v) is 8.11. The fourth-order valence-electron chi connectivity index (χ4n) is 1.37. The van der Waals surface area contributed by atoms with E-state index in [4.69, 9.17) is 18.7 Å². The molecular formula is C11H14NO5PS. The topological polar surface area (TPSA) is 89.5 Å². The summed E-state index contributed by atoms with van der Waals surface area (Å²) in [5.74, 6) is 0.270. The van der Waals surface area contributed by atoms with E-state index in [1.807, 2.05) is 5.40 Å². The number of nitriles is 1. The zero-order chi connectivity index (χ0) is 14.3. The number of nitrogens with zero attached hydrogens (tertiary/aromatic N) is 1. The summed E-state index contributed by atoms with van der Waals surface area (Å²) in [6.07, 6.45) is 2.54. The van der Waals surface area contributed by atoms with Gasteiger partial charge in [-0.15, -0.1) is 0 Å². The Morgan fingerprint density at radius 3 is 2.58 bits per heavy atom. The molecule has 0 spiro atoms. The Hall–Kier alpha value is -1.06. The van der Waals surface area contributed by atoms with Crippen LogP contribution in [0.2, 0.25) is 0 Å². The maximum absolute atomic E-state index is 12.3. The SMILES string of the molecule is CCOP(=O)(OCC)C(=O)c1cocc1CSC#N. The van der Waals surface area contributed by atoms with Gasteiger partial charge in [-0.05, 0) is 25.6 Å². The van der Waals surface area contributed by atoms with E-state index in [-0.39, 0.29) is 24.5 Å². The zero-order valence-electron chi connectivity index (χ0n) is 10.6. The maximum atomic E-state index is 12.3. The first-order valence-electron chi connectivity index (χ1n) is 5.59. The molecule has 0 aliphatic rings. The second kappa shape index (κ2) is 7.51. The zero-order valence-corrected chi connectivity index (χ0v) is 12.3. The molecule has 1 aromatic rings. The smallest absolute Gasteiger partial charge is 0.401 e. The van der Waals surface area contributed by atoms with Gasteiger partial charge in [0.25, 0.3) is 5.52 Å². The van der Waals surface area contributed by atoms with Gasteiger partial charge in [0.2, 0.25) is 0 Å². The van der Waals surface area contributed by atoms with Crippen LogP contribution < -0.4 is 0 Å². The molecule has 0 radical (unpaired) electrons. The van der Waals surface area contributed by atoms with E-state index < -0.39 is 13.1 Å². The quantitative estimate of drug-likeness (QED) is 0.537. The van der Waals surface area contributed by atoms with Crippen LogP contribution in [0.1, 0.15) is 29.8 Å². The van der Waals surface area contributed by atoms with Crippen molar-refractivity contribution in [2.45, 2.75) is 19.6 Å². The van der Waals surface area contributed by atoms with Gasteiger partial charge in [0.15, 0.2) is 0 Å². The second-order valence-electron chi connectivity index (χ2n) is 3.33. The predicted octanol–water partition coefficient (Wildman–Crippen LogP) is 3.40. The number of rotatable bonds is 8. The highest BCUT2D eigenvalue weighted by molar-refractivity contribution is 8.03. The highest BCUT2D eigenvalue weighted by atomic mass is 32.2. The first kappa shape index (κ1) is 16.0. The van der Waals surface area contributed by atoms with Crippen molar-refractivity contribution in [2.75, 3.05) is 13.2 Å². The number of hydrogen-bond acceptors (Lipinski definition) is 7. The number of furan rings is 1. The minimum atomic E-state index is -3.85. The van der Waals surface area contributed by atoms with Crippen molar-refractivity contribution in [3.05, 3.63) is 23.7 Å². The Kier molecular flexibility index (Phi) is 6.32. The lowest BCUT2D eigenvalue weighted by molar-refractivity contribution is 0.1000. The van der Waals surface area contributed by atoms with Gasteiger partial charge in [-0.1, -0.05) is 0 Å². The van der Waals surface area contributed by atoms with Crippen molar-refractivity contribution in [3.63, 3.8) is 0 Å². The molecule has 0 saturated heterocycles. The van der Waals surface area contributed by atoms with Crippen molar-refractivity contribution < 1.29 is 22.8 Å². The number of thioether (sulfide) groups is 1. The summed E-state index contributed by atoms with van der Waals surface area (Å²) in [6.45, 7) is 3.45. The van der Waals surface area contributed by atoms with Crippen molar-refractivity contribution >= 4 is 24.9 Å². The molecule has 19 heavy (non-hydrogen) atoms. The highest BCUT2D eigenvalue weighted by Crippen LogP contribution is 2.51. The number of hydrogen-bond donors (Lipinski definition) is 0. The Morgan fingerprint density at radius 2 is 2.05 bits per heavy atom. The molecule has 0 aromatic carbocycles. The molecule has 1 rings (SSSR count). The molecule has 0 atom stereocenters. The molecule has 0 unspecified atom stereocenters. The first-order chi connectivity index (χ1) is 9.09. The molecular weight excluding hydrogens is 289 g/mol. The Labute approximate surface area is 115 Å². The third kappa shape index (κ3) is 3.95. The van der Waals surface area contributed by atoms with Gasteiger partial charge in [0.1, 0.15) is 11.7 Å². The largest absolute Gasteiger partial charge is 0.471 e. The van der Waals surface area contributed by atoms with Crippen molar-refractivity contribution in [2.24, 2.45) is 0 Å². The Balaban J connectivity index is 3.01. The molecule has 0 fully saturated rings. The monoisotopic (exact) mass is 303 g/mol. The Morgan fingerprint density at radius 1 is 1.42 bits per heavy atom. The molecule has 104 valence electrons. The van der Waals surface area contributed by atoms with E-state index in [9.17, 15) is 9.36 Å². The molecule has 0 saturated carbocycles. The second-order valence-corrected chi connectivity index (χ2v) is 6.01. The van der Waals surface area contributed by atoms with Crippen LogP contribution in [0, 0.1) is 10.7 Å². The van der Waals surface area contributed by atoms with Crippen LogP contribution in [0.4, 0.5) is 0 Å². The van der Waals surface area contributed by atoms with Crippen LogP contribution in [0.3, 0.4) is 0 Å². The minimum Gasteiger partial charge on any atom is -0.471 e. The van der Waals surface area contributed by atoms with Crippen LogP contribution in [0.15, 0.2) is 16.9 Å². The van der Waals surface area contributed by atoms with Crippen molar-refractivity contribution in [1.82, 2.24) is 0 Å². The van der Waals surface area contributed by atoms with Gasteiger partial charge >= 0.3 is 7.60 Å². The standard InChI is InChI=1S/C11H14NO5PS/c1-3-16-18(14,17-4-2)11(13)10-6-15-5-9(10)7-19-8-12/h5-6H,3-4,7H2,1-2H3. The van der Waals surface area contributed by atoms with Gasteiger partial charge in [-0.25, -0.2) is 0 Å². The van der Waals surface area contributed by atoms with Gasteiger partial charge in [0.05, 0.1) is 25.0 Å².